The van der Waals surface area contributed by atoms with Crippen LogP contribution < -0.4 is 0 Å². The molecule has 0 bridgehead atoms. The summed E-state index contributed by atoms with van der Waals surface area (Å²) >= 11 is 1.52. The molecular formula is C21H26N2O3S. The van der Waals surface area contributed by atoms with E-state index in [2.05, 4.69) is 43.1 Å². The van der Waals surface area contributed by atoms with E-state index in [1.807, 2.05) is 10.3 Å². The molecule has 1 atom stereocenters. The number of amides is 1. The maximum Gasteiger partial charge on any atom is 0.273 e. The van der Waals surface area contributed by atoms with Gasteiger partial charge in [-0.3, -0.25) is 4.79 Å². The number of carbonyl (C=O) groups excluding carboxylic acids is 1. The van der Waals surface area contributed by atoms with Crippen LogP contribution in [0, 0.1) is 0 Å². The minimum Gasteiger partial charge on any atom is -0.348 e. The quantitative estimate of drug-likeness (QED) is 0.786. The molecular weight excluding hydrogens is 360 g/mol. The smallest absolute Gasteiger partial charge is 0.273 e. The first-order valence-corrected chi connectivity index (χ1v) is 10.6. The van der Waals surface area contributed by atoms with Gasteiger partial charge < -0.3 is 14.4 Å². The molecule has 6 heteroatoms. The largest absolute Gasteiger partial charge is 0.348 e. The summed E-state index contributed by atoms with van der Waals surface area (Å²) in [5, 5.41) is 2.76. The summed E-state index contributed by atoms with van der Waals surface area (Å²) in [6.45, 7) is 6.32. The van der Waals surface area contributed by atoms with Gasteiger partial charge in [-0.25, -0.2) is 4.98 Å². The highest BCUT2D eigenvalue weighted by Gasteiger charge is 2.37. The number of nitrogens with zero attached hydrogens (tertiary/aromatic N) is 2. The van der Waals surface area contributed by atoms with Gasteiger partial charge >= 0.3 is 0 Å². The molecule has 1 unspecified atom stereocenters. The minimum atomic E-state index is -0.295. The fourth-order valence-electron chi connectivity index (χ4n) is 3.75. The van der Waals surface area contributed by atoms with Crippen LogP contribution >= 0.6 is 11.3 Å². The van der Waals surface area contributed by atoms with Gasteiger partial charge in [0.15, 0.2) is 6.29 Å². The lowest BCUT2D eigenvalue weighted by Crippen LogP contribution is -2.50. The summed E-state index contributed by atoms with van der Waals surface area (Å²) in [7, 11) is 0. The molecule has 27 heavy (non-hydrogen) atoms. The van der Waals surface area contributed by atoms with Crippen molar-refractivity contribution in [3.05, 3.63) is 40.9 Å². The van der Waals surface area contributed by atoms with Crippen molar-refractivity contribution in [1.29, 1.82) is 0 Å². The Hall–Kier alpha value is -1.76. The van der Waals surface area contributed by atoms with Crippen LogP contribution in [0.3, 0.4) is 0 Å². The van der Waals surface area contributed by atoms with Crippen molar-refractivity contribution in [2.45, 2.75) is 51.4 Å². The summed E-state index contributed by atoms with van der Waals surface area (Å²) < 4.78 is 11.4. The molecule has 4 rings (SSSR count). The molecule has 1 aromatic carbocycles. The molecule has 3 heterocycles. The third-order valence-corrected chi connectivity index (χ3v) is 6.21. The Balaban J connectivity index is 1.52. The van der Waals surface area contributed by atoms with E-state index in [0.717, 1.165) is 36.4 Å². The van der Waals surface area contributed by atoms with Crippen molar-refractivity contribution in [3.63, 3.8) is 0 Å². The van der Waals surface area contributed by atoms with E-state index in [-0.39, 0.29) is 18.2 Å². The topological polar surface area (TPSA) is 51.7 Å². The Morgan fingerprint density at radius 2 is 1.93 bits per heavy atom. The molecule has 2 fully saturated rings. The van der Waals surface area contributed by atoms with Gasteiger partial charge in [0.1, 0.15) is 10.7 Å². The standard InChI is InChI=1S/C21H26N2O3S/c1-14(2)15-6-8-16(9-7-15)19-22-17(13-27-19)20(24)23-10-4-3-5-18(23)21-25-11-12-26-21/h6-9,13-14,18,21H,3-5,10-12H2,1-2H3. The molecule has 0 radical (unpaired) electrons. The van der Waals surface area contributed by atoms with E-state index >= 15 is 0 Å². The van der Waals surface area contributed by atoms with Crippen LogP contribution in [0.15, 0.2) is 29.6 Å². The predicted octanol–water partition coefficient (Wildman–Crippen LogP) is 4.30. The minimum absolute atomic E-state index is 0.00998. The second-order valence-electron chi connectivity index (χ2n) is 7.49. The van der Waals surface area contributed by atoms with Crippen molar-refractivity contribution in [3.8, 4) is 10.6 Å². The Kier molecular flexibility index (Phi) is 5.57. The summed E-state index contributed by atoms with van der Waals surface area (Å²) in [4.78, 5) is 19.7. The van der Waals surface area contributed by atoms with Gasteiger partial charge in [0.2, 0.25) is 0 Å². The number of hydrogen-bond donors (Lipinski definition) is 0. The molecule has 2 aliphatic heterocycles. The average Bonchev–Trinajstić information content (AvgIpc) is 3.40. The fourth-order valence-corrected chi connectivity index (χ4v) is 4.55. The zero-order chi connectivity index (χ0) is 18.8. The first-order chi connectivity index (χ1) is 13.1. The molecule has 1 amide bonds. The van der Waals surface area contributed by atoms with Gasteiger partial charge in [-0.05, 0) is 30.7 Å². The van der Waals surface area contributed by atoms with Gasteiger partial charge in [-0.1, -0.05) is 38.1 Å². The van der Waals surface area contributed by atoms with Crippen LogP contribution in [0.25, 0.3) is 10.6 Å². The average molecular weight is 387 g/mol. The van der Waals surface area contributed by atoms with Crippen molar-refractivity contribution < 1.29 is 14.3 Å². The Bertz CT molecular complexity index is 781. The summed E-state index contributed by atoms with van der Waals surface area (Å²) in [5.41, 5.74) is 2.88. The second kappa shape index (κ2) is 8.09. The van der Waals surface area contributed by atoms with Crippen LogP contribution in [-0.2, 0) is 9.47 Å². The Morgan fingerprint density at radius 1 is 1.19 bits per heavy atom. The lowest BCUT2D eigenvalue weighted by Gasteiger charge is -2.37. The molecule has 0 N–H and O–H groups in total. The monoisotopic (exact) mass is 386 g/mol. The lowest BCUT2D eigenvalue weighted by molar-refractivity contribution is -0.100. The summed E-state index contributed by atoms with van der Waals surface area (Å²) in [5.74, 6) is 0.489. The van der Waals surface area contributed by atoms with Gasteiger partial charge in [-0.2, -0.15) is 0 Å². The number of carbonyl (C=O) groups is 1. The second-order valence-corrected chi connectivity index (χ2v) is 8.34. The molecule has 0 saturated carbocycles. The van der Waals surface area contributed by atoms with Gasteiger partial charge in [0.25, 0.3) is 5.91 Å². The molecule has 0 aliphatic carbocycles. The normalized spacial score (nSPS) is 21.1. The highest BCUT2D eigenvalue weighted by molar-refractivity contribution is 7.13. The summed E-state index contributed by atoms with van der Waals surface area (Å²) in [6, 6.07) is 8.44. The van der Waals surface area contributed by atoms with Crippen molar-refractivity contribution in [2.24, 2.45) is 0 Å². The third kappa shape index (κ3) is 3.93. The van der Waals surface area contributed by atoms with E-state index < -0.39 is 0 Å². The molecule has 2 saturated heterocycles. The highest BCUT2D eigenvalue weighted by atomic mass is 32.1. The van der Waals surface area contributed by atoms with E-state index in [0.29, 0.717) is 24.8 Å². The van der Waals surface area contributed by atoms with Crippen LogP contribution in [0.1, 0.15) is 55.1 Å². The van der Waals surface area contributed by atoms with Crippen molar-refractivity contribution in [1.82, 2.24) is 9.88 Å². The molecule has 5 nitrogen and oxygen atoms in total. The van der Waals surface area contributed by atoms with E-state index in [4.69, 9.17) is 9.47 Å². The maximum absolute atomic E-state index is 13.1. The SMILES string of the molecule is CC(C)c1ccc(-c2nc(C(=O)N3CCCCC3C3OCCO3)cs2)cc1. The molecule has 1 aromatic heterocycles. The predicted molar refractivity (Wildman–Crippen MR) is 106 cm³/mol. The number of benzene rings is 1. The number of likely N-dealkylation sites (tertiary alicyclic amines) is 1. The molecule has 0 spiro atoms. The van der Waals surface area contributed by atoms with Gasteiger partial charge in [-0.15, -0.1) is 11.3 Å². The number of thiazole rings is 1. The number of ether oxygens (including phenoxy) is 2. The van der Waals surface area contributed by atoms with E-state index in [1.54, 1.807) is 0 Å². The number of hydrogen-bond acceptors (Lipinski definition) is 5. The third-order valence-electron chi connectivity index (χ3n) is 5.32. The lowest BCUT2D eigenvalue weighted by atomic mass is 10.0. The van der Waals surface area contributed by atoms with Crippen molar-refractivity contribution in [2.75, 3.05) is 19.8 Å². The van der Waals surface area contributed by atoms with Gasteiger partial charge in [0, 0.05) is 17.5 Å². The van der Waals surface area contributed by atoms with E-state index in [9.17, 15) is 4.79 Å². The van der Waals surface area contributed by atoms with Crippen molar-refractivity contribution >= 4 is 17.2 Å². The number of aromatic nitrogens is 1. The van der Waals surface area contributed by atoms with Crippen LogP contribution in [-0.4, -0.2) is 47.9 Å². The number of piperidine rings is 1. The molecule has 144 valence electrons. The van der Waals surface area contributed by atoms with Gasteiger partial charge in [0.05, 0.1) is 19.3 Å². The Morgan fingerprint density at radius 3 is 2.63 bits per heavy atom. The maximum atomic E-state index is 13.1. The molecule has 2 aliphatic rings. The van der Waals surface area contributed by atoms with Crippen LogP contribution in [0.2, 0.25) is 0 Å². The first-order valence-electron chi connectivity index (χ1n) is 9.73. The highest BCUT2D eigenvalue weighted by Crippen LogP contribution is 2.29. The number of rotatable bonds is 4. The first kappa shape index (κ1) is 18.6. The van der Waals surface area contributed by atoms with Crippen LogP contribution in [0.5, 0.6) is 0 Å². The fraction of sp³-hybridized carbons (Fsp3) is 0.524. The molecule has 2 aromatic rings. The van der Waals surface area contributed by atoms with Crippen LogP contribution in [0.4, 0.5) is 0 Å². The summed E-state index contributed by atoms with van der Waals surface area (Å²) in [6.07, 6.45) is 2.74. The van der Waals surface area contributed by atoms with E-state index in [1.165, 1.54) is 16.9 Å². The zero-order valence-corrected chi connectivity index (χ0v) is 16.7. The Labute approximate surface area is 164 Å². The zero-order valence-electron chi connectivity index (χ0n) is 15.9.